The minimum absolute atomic E-state index is 0.0266. The molecule has 0 saturated heterocycles. The van der Waals surface area contributed by atoms with Gasteiger partial charge in [0.2, 0.25) is 15.9 Å². The van der Waals surface area contributed by atoms with Crippen molar-refractivity contribution < 1.29 is 22.3 Å². The van der Waals surface area contributed by atoms with E-state index in [9.17, 15) is 17.6 Å². The van der Waals surface area contributed by atoms with E-state index in [4.69, 9.17) is 4.74 Å². The fraction of sp³-hybridized carbons (Fsp3) is 0.182. The van der Waals surface area contributed by atoms with Gasteiger partial charge in [-0.2, -0.15) is 4.72 Å². The third-order valence-electron chi connectivity index (χ3n) is 4.48. The van der Waals surface area contributed by atoms with Gasteiger partial charge in [0.05, 0.1) is 19.3 Å². The smallest absolute Gasteiger partial charge is 0.245 e. The summed E-state index contributed by atoms with van der Waals surface area (Å²) in [6.45, 7) is 0.135. The number of amides is 1. The third-order valence-corrected chi connectivity index (χ3v) is 5.97. The minimum Gasteiger partial charge on any atom is -0.495 e. The van der Waals surface area contributed by atoms with Crippen LogP contribution in [0.15, 0.2) is 77.8 Å². The van der Waals surface area contributed by atoms with E-state index in [1.807, 2.05) is 6.07 Å². The Labute approximate surface area is 180 Å². The van der Waals surface area contributed by atoms with Crippen molar-refractivity contribution in [3.05, 3.63) is 90.0 Å². The zero-order valence-electron chi connectivity index (χ0n) is 16.8. The van der Waals surface area contributed by atoms with Gasteiger partial charge in [0.1, 0.15) is 22.5 Å². The quantitative estimate of drug-likeness (QED) is 0.530. The summed E-state index contributed by atoms with van der Waals surface area (Å²) < 4.78 is 47.2. The van der Waals surface area contributed by atoms with Crippen molar-refractivity contribution >= 4 is 15.9 Å². The number of sulfonamides is 1. The molecule has 162 valence electrons. The number of pyridine rings is 1. The third kappa shape index (κ3) is 6.09. The Kier molecular flexibility index (Phi) is 7.32. The van der Waals surface area contributed by atoms with Gasteiger partial charge in [0.25, 0.3) is 0 Å². The fourth-order valence-electron chi connectivity index (χ4n) is 2.95. The Hall–Kier alpha value is -3.30. The first-order valence-electron chi connectivity index (χ1n) is 9.46. The molecule has 3 aromatic rings. The molecule has 1 heterocycles. The van der Waals surface area contributed by atoms with Crippen LogP contribution in [0, 0.1) is 5.82 Å². The molecule has 1 amide bonds. The highest BCUT2D eigenvalue weighted by Crippen LogP contribution is 2.24. The second-order valence-corrected chi connectivity index (χ2v) is 8.38. The number of rotatable bonds is 9. The van der Waals surface area contributed by atoms with Crippen LogP contribution in [0.5, 0.6) is 5.75 Å². The van der Waals surface area contributed by atoms with Crippen molar-refractivity contribution in [3.63, 3.8) is 0 Å². The predicted molar refractivity (Wildman–Crippen MR) is 113 cm³/mol. The topological polar surface area (TPSA) is 97.4 Å². The Balaban J connectivity index is 1.85. The summed E-state index contributed by atoms with van der Waals surface area (Å²) in [6, 6.07) is 16.3. The van der Waals surface area contributed by atoms with Crippen LogP contribution >= 0.6 is 0 Å². The molecule has 9 heteroatoms. The van der Waals surface area contributed by atoms with E-state index in [1.165, 1.54) is 13.2 Å². The van der Waals surface area contributed by atoms with Crippen molar-refractivity contribution in [2.45, 2.75) is 23.9 Å². The highest BCUT2D eigenvalue weighted by Gasteiger charge is 2.28. The zero-order chi connectivity index (χ0) is 22.3. The summed E-state index contributed by atoms with van der Waals surface area (Å²) in [5.74, 6) is -1.30. The first-order chi connectivity index (χ1) is 14.9. The number of halogens is 1. The number of nitrogens with zero attached hydrogens (tertiary/aromatic N) is 1. The highest BCUT2D eigenvalue weighted by molar-refractivity contribution is 7.89. The lowest BCUT2D eigenvalue weighted by Crippen LogP contribution is -2.47. The molecule has 0 saturated carbocycles. The lowest BCUT2D eigenvalue weighted by molar-refractivity contribution is -0.122. The molecule has 7 nitrogen and oxygen atoms in total. The van der Waals surface area contributed by atoms with Crippen molar-refractivity contribution in [3.8, 4) is 5.75 Å². The standard InChI is InChI=1S/C22H22FN3O4S/c1-30-20-11-10-17(23)14-21(20)31(28,29)26-19(13-16-7-3-2-4-8-16)22(27)25-15-18-9-5-6-12-24-18/h2-12,14,19,26H,13,15H2,1H3,(H,25,27). The molecule has 2 aromatic carbocycles. The van der Waals surface area contributed by atoms with Gasteiger partial charge >= 0.3 is 0 Å². The maximum Gasteiger partial charge on any atom is 0.245 e. The molecule has 2 N–H and O–H groups in total. The van der Waals surface area contributed by atoms with Crippen LogP contribution in [0.25, 0.3) is 0 Å². The predicted octanol–water partition coefficient (Wildman–Crippen LogP) is 2.44. The first kappa shape index (κ1) is 22.4. The average Bonchev–Trinajstić information content (AvgIpc) is 2.78. The number of carbonyl (C=O) groups excluding carboxylic acids is 1. The van der Waals surface area contributed by atoms with E-state index in [0.717, 1.165) is 17.7 Å². The molecule has 1 unspecified atom stereocenters. The highest BCUT2D eigenvalue weighted by atomic mass is 32.2. The molecule has 0 fully saturated rings. The Morgan fingerprint density at radius 2 is 1.84 bits per heavy atom. The molecule has 1 atom stereocenters. The van der Waals surface area contributed by atoms with Crippen molar-refractivity contribution in [2.24, 2.45) is 0 Å². The van der Waals surface area contributed by atoms with Crippen LogP contribution in [0.2, 0.25) is 0 Å². The largest absolute Gasteiger partial charge is 0.495 e. The average molecular weight is 444 g/mol. The molecule has 0 aliphatic rings. The molecule has 0 aliphatic heterocycles. The zero-order valence-corrected chi connectivity index (χ0v) is 17.6. The number of hydrogen-bond acceptors (Lipinski definition) is 5. The van der Waals surface area contributed by atoms with Crippen molar-refractivity contribution in [2.75, 3.05) is 7.11 Å². The van der Waals surface area contributed by atoms with Crippen LogP contribution in [-0.2, 0) is 27.8 Å². The van der Waals surface area contributed by atoms with Gasteiger partial charge < -0.3 is 10.1 Å². The van der Waals surface area contributed by atoms with Gasteiger partial charge in [0.15, 0.2) is 0 Å². The van der Waals surface area contributed by atoms with Gasteiger partial charge in [-0.15, -0.1) is 0 Å². The summed E-state index contributed by atoms with van der Waals surface area (Å²) in [5.41, 5.74) is 1.39. The summed E-state index contributed by atoms with van der Waals surface area (Å²) in [6.07, 6.45) is 1.70. The normalized spacial score (nSPS) is 12.2. The van der Waals surface area contributed by atoms with E-state index < -0.39 is 27.8 Å². The fourth-order valence-corrected chi connectivity index (χ4v) is 4.33. The molecular formula is C22H22FN3O4S. The van der Waals surface area contributed by atoms with E-state index in [-0.39, 0.29) is 23.6 Å². The van der Waals surface area contributed by atoms with Crippen LogP contribution in [0.3, 0.4) is 0 Å². The van der Waals surface area contributed by atoms with Crippen LogP contribution in [0.1, 0.15) is 11.3 Å². The molecule has 3 rings (SSSR count). The van der Waals surface area contributed by atoms with E-state index in [1.54, 1.807) is 48.7 Å². The number of carbonyl (C=O) groups is 1. The maximum atomic E-state index is 13.7. The van der Waals surface area contributed by atoms with E-state index >= 15 is 0 Å². The summed E-state index contributed by atoms with van der Waals surface area (Å²) in [4.78, 5) is 16.6. The summed E-state index contributed by atoms with van der Waals surface area (Å²) in [5, 5.41) is 2.70. The number of nitrogens with one attached hydrogen (secondary N) is 2. The van der Waals surface area contributed by atoms with Gasteiger partial charge in [-0.05, 0) is 42.3 Å². The second kappa shape index (κ2) is 10.1. The summed E-state index contributed by atoms with van der Waals surface area (Å²) >= 11 is 0. The Morgan fingerprint density at radius 1 is 1.10 bits per heavy atom. The number of benzene rings is 2. The Morgan fingerprint density at radius 3 is 2.52 bits per heavy atom. The van der Waals surface area contributed by atoms with Crippen molar-refractivity contribution in [1.82, 2.24) is 15.0 Å². The number of hydrogen-bond donors (Lipinski definition) is 2. The molecule has 31 heavy (non-hydrogen) atoms. The molecule has 0 spiro atoms. The number of aromatic nitrogens is 1. The molecular weight excluding hydrogens is 421 g/mol. The molecule has 1 aromatic heterocycles. The van der Waals surface area contributed by atoms with E-state index in [2.05, 4.69) is 15.0 Å². The van der Waals surface area contributed by atoms with Crippen LogP contribution in [-0.4, -0.2) is 32.5 Å². The van der Waals surface area contributed by atoms with Gasteiger partial charge in [0, 0.05) is 6.20 Å². The summed E-state index contributed by atoms with van der Waals surface area (Å²) in [7, 11) is -2.98. The first-order valence-corrected chi connectivity index (χ1v) is 10.9. The van der Waals surface area contributed by atoms with Crippen LogP contribution in [0.4, 0.5) is 4.39 Å². The van der Waals surface area contributed by atoms with Crippen LogP contribution < -0.4 is 14.8 Å². The van der Waals surface area contributed by atoms with Gasteiger partial charge in [-0.25, -0.2) is 12.8 Å². The number of ether oxygens (including phenoxy) is 1. The van der Waals surface area contributed by atoms with E-state index in [0.29, 0.717) is 5.69 Å². The lowest BCUT2D eigenvalue weighted by Gasteiger charge is -2.19. The van der Waals surface area contributed by atoms with Crippen molar-refractivity contribution in [1.29, 1.82) is 0 Å². The Bertz CT molecular complexity index is 1130. The molecule has 0 radical (unpaired) electrons. The monoisotopic (exact) mass is 443 g/mol. The molecule has 0 aliphatic carbocycles. The SMILES string of the molecule is COc1ccc(F)cc1S(=O)(=O)NC(Cc1ccccc1)C(=O)NCc1ccccn1. The van der Waals surface area contributed by atoms with Gasteiger partial charge in [-0.3, -0.25) is 9.78 Å². The molecule has 0 bridgehead atoms. The number of methoxy groups -OCH3 is 1. The lowest BCUT2D eigenvalue weighted by atomic mass is 10.1. The maximum absolute atomic E-state index is 13.7. The minimum atomic E-state index is -4.26. The second-order valence-electron chi connectivity index (χ2n) is 6.70. The van der Waals surface area contributed by atoms with Gasteiger partial charge in [-0.1, -0.05) is 36.4 Å².